The van der Waals surface area contributed by atoms with E-state index < -0.39 is 0 Å². The van der Waals surface area contributed by atoms with E-state index in [1.54, 1.807) is 23.4 Å². The first-order valence-corrected chi connectivity index (χ1v) is 11.3. The highest BCUT2D eigenvalue weighted by Crippen LogP contribution is 2.29. The number of hydrogen-bond acceptors (Lipinski definition) is 6. The number of aromatic nitrogens is 3. The Hall–Kier alpha value is -3.94. The Balaban J connectivity index is 1.41. The zero-order valence-electron chi connectivity index (χ0n) is 19.8. The molecular formula is C26H30N6O2. The SMILES string of the molecule is CC(C)(C)c1cccc(NC(=O)N2CC=C(c3ncccc3OCc3ccnc(N)n3)CC2)c1. The summed E-state index contributed by atoms with van der Waals surface area (Å²) in [5.74, 6) is 0.883. The van der Waals surface area contributed by atoms with E-state index in [2.05, 4.69) is 47.1 Å². The molecule has 0 saturated carbocycles. The van der Waals surface area contributed by atoms with Crippen LogP contribution in [0.2, 0.25) is 0 Å². The zero-order valence-corrected chi connectivity index (χ0v) is 19.8. The summed E-state index contributed by atoms with van der Waals surface area (Å²) in [6, 6.07) is 13.4. The summed E-state index contributed by atoms with van der Waals surface area (Å²) in [4.78, 5) is 27.2. The molecule has 8 heteroatoms. The Morgan fingerprint density at radius 2 is 2.00 bits per heavy atom. The molecule has 1 aromatic carbocycles. The lowest BCUT2D eigenvalue weighted by Gasteiger charge is -2.27. The predicted molar refractivity (Wildman–Crippen MR) is 133 cm³/mol. The van der Waals surface area contributed by atoms with E-state index in [1.807, 2.05) is 36.4 Å². The second-order valence-corrected chi connectivity index (χ2v) is 9.23. The molecule has 0 saturated heterocycles. The van der Waals surface area contributed by atoms with Crippen molar-refractivity contribution in [1.82, 2.24) is 19.9 Å². The summed E-state index contributed by atoms with van der Waals surface area (Å²) >= 11 is 0. The van der Waals surface area contributed by atoms with Gasteiger partial charge in [0.1, 0.15) is 18.1 Å². The van der Waals surface area contributed by atoms with Crippen LogP contribution in [0.1, 0.15) is 44.1 Å². The molecule has 1 aliphatic heterocycles. The molecule has 0 atom stereocenters. The van der Waals surface area contributed by atoms with Crippen LogP contribution >= 0.6 is 0 Å². The molecule has 2 amide bonds. The fourth-order valence-electron chi connectivity index (χ4n) is 3.73. The van der Waals surface area contributed by atoms with E-state index in [-0.39, 0.29) is 24.0 Å². The lowest BCUT2D eigenvalue weighted by atomic mass is 9.87. The number of nitrogens with zero attached hydrogens (tertiary/aromatic N) is 4. The van der Waals surface area contributed by atoms with Gasteiger partial charge >= 0.3 is 6.03 Å². The molecule has 0 unspecified atom stereocenters. The topological polar surface area (TPSA) is 106 Å². The van der Waals surface area contributed by atoms with Gasteiger partial charge in [-0.15, -0.1) is 0 Å². The van der Waals surface area contributed by atoms with Crippen molar-refractivity contribution < 1.29 is 9.53 Å². The van der Waals surface area contributed by atoms with Crippen molar-refractivity contribution in [3.8, 4) is 5.75 Å². The number of nitrogens with two attached hydrogens (primary N) is 1. The van der Waals surface area contributed by atoms with Crippen molar-refractivity contribution in [2.24, 2.45) is 0 Å². The first-order valence-electron chi connectivity index (χ1n) is 11.3. The van der Waals surface area contributed by atoms with Gasteiger partial charge in [0.2, 0.25) is 5.95 Å². The van der Waals surface area contributed by atoms with Crippen LogP contribution in [0.3, 0.4) is 0 Å². The summed E-state index contributed by atoms with van der Waals surface area (Å²) < 4.78 is 5.98. The number of carbonyl (C=O) groups is 1. The summed E-state index contributed by atoms with van der Waals surface area (Å²) in [5, 5.41) is 3.03. The average molecular weight is 459 g/mol. The third-order valence-electron chi connectivity index (χ3n) is 5.66. The van der Waals surface area contributed by atoms with Crippen LogP contribution in [0.5, 0.6) is 5.75 Å². The number of anilines is 2. The maximum atomic E-state index is 12.8. The Labute approximate surface area is 199 Å². The van der Waals surface area contributed by atoms with E-state index in [0.717, 1.165) is 17.0 Å². The second-order valence-electron chi connectivity index (χ2n) is 9.23. The number of benzene rings is 1. The molecule has 176 valence electrons. The summed E-state index contributed by atoms with van der Waals surface area (Å²) in [7, 11) is 0. The van der Waals surface area contributed by atoms with Crippen LogP contribution in [-0.2, 0) is 12.0 Å². The third kappa shape index (κ3) is 5.70. The lowest BCUT2D eigenvalue weighted by Crippen LogP contribution is -2.38. The Kier molecular flexibility index (Phi) is 6.77. The largest absolute Gasteiger partial charge is 0.485 e. The molecule has 4 rings (SSSR count). The predicted octanol–water partition coefficient (Wildman–Crippen LogP) is 4.65. The van der Waals surface area contributed by atoms with Crippen molar-refractivity contribution in [1.29, 1.82) is 0 Å². The molecule has 3 aromatic rings. The van der Waals surface area contributed by atoms with Gasteiger partial charge in [0.15, 0.2) is 0 Å². The van der Waals surface area contributed by atoms with Crippen molar-refractivity contribution in [3.63, 3.8) is 0 Å². The molecule has 8 nitrogen and oxygen atoms in total. The molecule has 34 heavy (non-hydrogen) atoms. The molecule has 2 aromatic heterocycles. The number of amides is 2. The van der Waals surface area contributed by atoms with Crippen LogP contribution < -0.4 is 15.8 Å². The van der Waals surface area contributed by atoms with Gasteiger partial charge in [-0.05, 0) is 53.3 Å². The van der Waals surface area contributed by atoms with Crippen molar-refractivity contribution in [2.45, 2.75) is 39.2 Å². The monoisotopic (exact) mass is 458 g/mol. The van der Waals surface area contributed by atoms with E-state index in [9.17, 15) is 4.79 Å². The quantitative estimate of drug-likeness (QED) is 0.576. The van der Waals surface area contributed by atoms with Crippen LogP contribution in [0, 0.1) is 0 Å². The number of pyridine rings is 1. The number of nitrogens with one attached hydrogen (secondary N) is 1. The minimum Gasteiger partial charge on any atom is -0.485 e. The highest BCUT2D eigenvalue weighted by molar-refractivity contribution is 5.90. The summed E-state index contributed by atoms with van der Waals surface area (Å²) in [6.07, 6.45) is 6.07. The molecule has 0 spiro atoms. The number of rotatable bonds is 5. The zero-order chi connectivity index (χ0) is 24.1. The van der Waals surface area contributed by atoms with Crippen molar-refractivity contribution >= 4 is 23.2 Å². The van der Waals surface area contributed by atoms with Gasteiger partial charge in [0.05, 0.1) is 5.69 Å². The molecule has 0 bridgehead atoms. The van der Waals surface area contributed by atoms with Crippen molar-refractivity contribution in [3.05, 3.63) is 77.9 Å². The van der Waals surface area contributed by atoms with E-state index >= 15 is 0 Å². The maximum Gasteiger partial charge on any atom is 0.322 e. The molecule has 0 radical (unpaired) electrons. The van der Waals surface area contributed by atoms with Gasteiger partial charge in [0, 0.05) is 31.2 Å². The number of ether oxygens (including phenoxy) is 1. The standard InChI is InChI=1S/C26H30N6O2/c1-26(2,3)19-6-4-7-20(16-19)31-25(33)32-14-10-18(11-15-32)23-22(8-5-12-28-23)34-17-21-9-13-29-24(27)30-21/h4-10,12-13,16H,11,14-15,17H2,1-3H3,(H,31,33)(H2,27,29,30). The normalized spacial score (nSPS) is 13.9. The first kappa shape index (κ1) is 23.2. The number of hydrogen-bond donors (Lipinski definition) is 2. The Bertz CT molecular complexity index is 1200. The average Bonchev–Trinajstić information content (AvgIpc) is 2.83. The van der Waals surface area contributed by atoms with Gasteiger partial charge in [-0.3, -0.25) is 4.98 Å². The molecule has 0 aliphatic carbocycles. The van der Waals surface area contributed by atoms with Gasteiger partial charge in [-0.2, -0.15) is 0 Å². The third-order valence-corrected chi connectivity index (χ3v) is 5.66. The minimum atomic E-state index is -0.111. The number of urea groups is 1. The highest BCUT2D eigenvalue weighted by atomic mass is 16.5. The van der Waals surface area contributed by atoms with E-state index in [0.29, 0.717) is 31.0 Å². The van der Waals surface area contributed by atoms with Crippen molar-refractivity contribution in [2.75, 3.05) is 24.1 Å². The van der Waals surface area contributed by atoms with E-state index in [1.165, 1.54) is 5.56 Å². The number of carbonyl (C=O) groups excluding carboxylic acids is 1. The van der Waals surface area contributed by atoms with Crippen LogP contribution in [-0.4, -0.2) is 39.0 Å². The number of nitrogen functional groups attached to an aromatic ring is 1. The molecule has 1 aliphatic rings. The highest BCUT2D eigenvalue weighted by Gasteiger charge is 2.21. The van der Waals surface area contributed by atoms with E-state index in [4.69, 9.17) is 10.5 Å². The Morgan fingerprint density at radius 1 is 1.15 bits per heavy atom. The minimum absolute atomic E-state index is 0.0199. The van der Waals surface area contributed by atoms with Crippen LogP contribution in [0.15, 0.2) is 60.9 Å². The molecule has 0 fully saturated rings. The smallest absolute Gasteiger partial charge is 0.322 e. The van der Waals surface area contributed by atoms with Crippen LogP contribution in [0.4, 0.5) is 16.4 Å². The first-order chi connectivity index (χ1) is 16.3. The fraction of sp³-hybridized carbons (Fsp3) is 0.308. The molecule has 3 N–H and O–H groups in total. The van der Waals surface area contributed by atoms with Crippen LogP contribution in [0.25, 0.3) is 5.57 Å². The molecular weight excluding hydrogens is 428 g/mol. The summed E-state index contributed by atoms with van der Waals surface area (Å²) in [6.45, 7) is 7.82. The second kappa shape index (κ2) is 9.91. The molecule has 3 heterocycles. The summed E-state index contributed by atoms with van der Waals surface area (Å²) in [5.41, 5.74) is 10.2. The van der Waals surface area contributed by atoms with Gasteiger partial charge < -0.3 is 20.7 Å². The lowest BCUT2D eigenvalue weighted by molar-refractivity contribution is 0.217. The van der Waals surface area contributed by atoms with Gasteiger partial charge in [0.25, 0.3) is 0 Å². The van der Waals surface area contributed by atoms with Gasteiger partial charge in [-0.25, -0.2) is 14.8 Å². The Morgan fingerprint density at radius 3 is 2.74 bits per heavy atom. The fourth-order valence-corrected chi connectivity index (χ4v) is 3.73. The maximum absolute atomic E-state index is 12.8. The van der Waals surface area contributed by atoms with Gasteiger partial charge in [-0.1, -0.05) is 39.0 Å².